The van der Waals surface area contributed by atoms with Gasteiger partial charge in [0.2, 0.25) is 21.8 Å². The van der Waals surface area contributed by atoms with Gasteiger partial charge in [0, 0.05) is 12.6 Å². The van der Waals surface area contributed by atoms with Crippen LogP contribution in [-0.4, -0.2) is 50.0 Å². The normalized spacial score (nSPS) is 15.3. The number of benzene rings is 2. The molecule has 2 aromatic rings. The monoisotopic (exact) mass is 527 g/mol. The lowest BCUT2D eigenvalue weighted by Crippen LogP contribution is -2.52. The van der Waals surface area contributed by atoms with Crippen molar-refractivity contribution in [3.05, 3.63) is 65.2 Å². The number of hydrogen-bond donors (Lipinski definition) is 1. The molecule has 1 N–H and O–H groups in total. The van der Waals surface area contributed by atoms with Crippen LogP contribution in [0.2, 0.25) is 0 Å². The molecule has 0 radical (unpaired) electrons. The van der Waals surface area contributed by atoms with Crippen LogP contribution in [0, 0.1) is 6.92 Å². The number of nitrogens with zero attached hydrogens (tertiary/aromatic N) is 2. The molecule has 1 aliphatic carbocycles. The first-order valence-corrected chi connectivity index (χ1v) is 15.0. The molecule has 8 heteroatoms. The van der Waals surface area contributed by atoms with Crippen LogP contribution >= 0.6 is 0 Å². The van der Waals surface area contributed by atoms with Gasteiger partial charge < -0.3 is 10.2 Å². The highest BCUT2D eigenvalue weighted by Gasteiger charge is 2.31. The number of sulfonamides is 1. The Morgan fingerprint density at radius 2 is 1.65 bits per heavy atom. The van der Waals surface area contributed by atoms with Gasteiger partial charge in [-0.25, -0.2) is 8.42 Å². The van der Waals surface area contributed by atoms with Gasteiger partial charge in [0.1, 0.15) is 12.6 Å². The van der Waals surface area contributed by atoms with E-state index in [0.29, 0.717) is 11.6 Å². The molecular weight excluding hydrogens is 486 g/mol. The SMILES string of the molecule is Cc1cccc(CN(C(=O)CN(c2ccc(C(C)C)cc2)S(C)(=O)=O)[C@@H](C)C(=O)NC2CCCCC2)c1. The van der Waals surface area contributed by atoms with E-state index in [4.69, 9.17) is 0 Å². The minimum absolute atomic E-state index is 0.117. The fourth-order valence-corrected chi connectivity index (χ4v) is 5.65. The Morgan fingerprint density at radius 3 is 2.22 bits per heavy atom. The molecule has 1 aliphatic rings. The average Bonchev–Trinajstić information content (AvgIpc) is 2.85. The predicted octanol–water partition coefficient (Wildman–Crippen LogP) is 4.75. The van der Waals surface area contributed by atoms with Gasteiger partial charge >= 0.3 is 0 Å². The molecule has 2 amide bonds. The van der Waals surface area contributed by atoms with E-state index in [0.717, 1.165) is 52.9 Å². The van der Waals surface area contributed by atoms with Crippen molar-refractivity contribution in [1.82, 2.24) is 10.2 Å². The first-order chi connectivity index (χ1) is 17.5. The number of aryl methyl sites for hydroxylation is 1. The summed E-state index contributed by atoms with van der Waals surface area (Å²) in [5.41, 5.74) is 3.44. The van der Waals surface area contributed by atoms with E-state index < -0.39 is 22.0 Å². The lowest BCUT2D eigenvalue weighted by Gasteiger charge is -2.33. The number of rotatable bonds is 10. The van der Waals surface area contributed by atoms with E-state index in [9.17, 15) is 18.0 Å². The van der Waals surface area contributed by atoms with Crippen LogP contribution in [0.5, 0.6) is 0 Å². The summed E-state index contributed by atoms with van der Waals surface area (Å²) in [4.78, 5) is 28.4. The van der Waals surface area contributed by atoms with Gasteiger partial charge in [-0.05, 0) is 55.9 Å². The van der Waals surface area contributed by atoms with Crippen molar-refractivity contribution < 1.29 is 18.0 Å². The molecule has 0 spiro atoms. The first-order valence-electron chi connectivity index (χ1n) is 13.2. The third-order valence-electron chi connectivity index (χ3n) is 7.08. The van der Waals surface area contributed by atoms with E-state index >= 15 is 0 Å². The van der Waals surface area contributed by atoms with Crippen molar-refractivity contribution in [3.63, 3.8) is 0 Å². The van der Waals surface area contributed by atoms with Crippen molar-refractivity contribution in [3.8, 4) is 0 Å². The van der Waals surface area contributed by atoms with Crippen molar-refractivity contribution >= 4 is 27.5 Å². The quantitative estimate of drug-likeness (QED) is 0.483. The molecule has 1 atom stereocenters. The number of carbonyl (C=O) groups is 2. The van der Waals surface area contributed by atoms with Gasteiger partial charge in [0.05, 0.1) is 11.9 Å². The maximum Gasteiger partial charge on any atom is 0.244 e. The molecule has 0 bridgehead atoms. The molecule has 0 heterocycles. The molecule has 0 saturated heterocycles. The number of amides is 2. The molecule has 202 valence electrons. The van der Waals surface area contributed by atoms with Gasteiger partial charge in [-0.15, -0.1) is 0 Å². The van der Waals surface area contributed by atoms with Crippen molar-refractivity contribution in [2.24, 2.45) is 0 Å². The van der Waals surface area contributed by atoms with Crippen LogP contribution in [0.15, 0.2) is 48.5 Å². The molecule has 1 fully saturated rings. The van der Waals surface area contributed by atoms with Crippen LogP contribution in [-0.2, 0) is 26.2 Å². The van der Waals surface area contributed by atoms with E-state index in [2.05, 4.69) is 19.2 Å². The van der Waals surface area contributed by atoms with Crippen molar-refractivity contribution in [1.29, 1.82) is 0 Å². The molecule has 2 aromatic carbocycles. The summed E-state index contributed by atoms with van der Waals surface area (Å²) in [5, 5.41) is 3.12. The molecule has 7 nitrogen and oxygen atoms in total. The Labute approximate surface area is 222 Å². The standard InChI is InChI=1S/C29H41N3O4S/c1-21(2)25-14-16-27(17-15-25)32(37(5,35)36)20-28(33)31(19-24-11-9-10-22(3)18-24)23(4)29(34)30-26-12-7-6-8-13-26/h9-11,14-18,21,23,26H,6-8,12-13,19-20H2,1-5H3,(H,30,34)/t23-/m0/s1. The highest BCUT2D eigenvalue weighted by atomic mass is 32.2. The Morgan fingerprint density at radius 1 is 1.00 bits per heavy atom. The summed E-state index contributed by atoms with van der Waals surface area (Å²) in [6.07, 6.45) is 6.34. The van der Waals surface area contributed by atoms with Gasteiger partial charge in [-0.3, -0.25) is 13.9 Å². The predicted molar refractivity (Wildman–Crippen MR) is 149 cm³/mol. The lowest BCUT2D eigenvalue weighted by molar-refractivity contribution is -0.139. The summed E-state index contributed by atoms with van der Waals surface area (Å²) >= 11 is 0. The zero-order chi connectivity index (χ0) is 27.2. The molecule has 0 unspecified atom stereocenters. The number of anilines is 1. The van der Waals surface area contributed by atoms with Crippen LogP contribution < -0.4 is 9.62 Å². The second-order valence-corrected chi connectivity index (χ2v) is 12.5. The Balaban J connectivity index is 1.87. The van der Waals surface area contributed by atoms with E-state index in [1.165, 1.54) is 11.3 Å². The molecular formula is C29H41N3O4S. The molecule has 1 saturated carbocycles. The van der Waals surface area contributed by atoms with E-state index in [-0.39, 0.29) is 25.0 Å². The van der Waals surface area contributed by atoms with Crippen molar-refractivity contribution in [2.45, 2.75) is 84.3 Å². The van der Waals surface area contributed by atoms with Crippen LogP contribution in [0.25, 0.3) is 0 Å². The van der Waals surface area contributed by atoms with Crippen LogP contribution in [0.3, 0.4) is 0 Å². The summed E-state index contributed by atoms with van der Waals surface area (Å²) in [6, 6.07) is 14.4. The van der Waals surface area contributed by atoms with Gasteiger partial charge in [0.25, 0.3) is 0 Å². The largest absolute Gasteiger partial charge is 0.352 e. The summed E-state index contributed by atoms with van der Waals surface area (Å²) in [7, 11) is -3.74. The highest BCUT2D eigenvalue weighted by Crippen LogP contribution is 2.23. The minimum Gasteiger partial charge on any atom is -0.352 e. The summed E-state index contributed by atoms with van der Waals surface area (Å²) in [5.74, 6) is -0.332. The van der Waals surface area contributed by atoms with E-state index in [1.54, 1.807) is 19.1 Å². The topological polar surface area (TPSA) is 86.8 Å². The smallest absolute Gasteiger partial charge is 0.244 e. The molecule has 0 aliphatic heterocycles. The lowest BCUT2D eigenvalue weighted by atomic mass is 9.95. The summed E-state index contributed by atoms with van der Waals surface area (Å²) < 4.78 is 26.6. The highest BCUT2D eigenvalue weighted by molar-refractivity contribution is 7.92. The third kappa shape index (κ3) is 8.06. The number of hydrogen-bond acceptors (Lipinski definition) is 4. The van der Waals surface area contributed by atoms with E-state index in [1.807, 2.05) is 43.3 Å². The maximum atomic E-state index is 13.7. The van der Waals surface area contributed by atoms with Gasteiger partial charge in [-0.2, -0.15) is 0 Å². The van der Waals surface area contributed by atoms with Gasteiger partial charge in [-0.1, -0.05) is 75.1 Å². The molecule has 0 aromatic heterocycles. The Bertz CT molecular complexity index is 1170. The second-order valence-electron chi connectivity index (χ2n) is 10.5. The van der Waals surface area contributed by atoms with Gasteiger partial charge in [0.15, 0.2) is 0 Å². The Hall–Kier alpha value is -2.87. The maximum absolute atomic E-state index is 13.7. The average molecular weight is 528 g/mol. The Kier molecular flexibility index (Phi) is 9.76. The minimum atomic E-state index is -3.74. The zero-order valence-electron chi connectivity index (χ0n) is 22.7. The fraction of sp³-hybridized carbons (Fsp3) is 0.517. The van der Waals surface area contributed by atoms with Crippen molar-refractivity contribution in [2.75, 3.05) is 17.1 Å². The fourth-order valence-electron chi connectivity index (χ4n) is 4.80. The third-order valence-corrected chi connectivity index (χ3v) is 8.22. The second kappa shape index (κ2) is 12.6. The molecule has 3 rings (SSSR count). The number of carbonyl (C=O) groups excluding carboxylic acids is 2. The van der Waals surface area contributed by atoms with Crippen LogP contribution in [0.1, 0.15) is 75.5 Å². The number of nitrogens with one attached hydrogen (secondary N) is 1. The molecule has 37 heavy (non-hydrogen) atoms. The zero-order valence-corrected chi connectivity index (χ0v) is 23.6. The first kappa shape index (κ1) is 28.7. The van der Waals surface area contributed by atoms with Crippen LogP contribution in [0.4, 0.5) is 5.69 Å². The summed E-state index contributed by atoms with van der Waals surface area (Å²) in [6.45, 7) is 7.65.